The van der Waals surface area contributed by atoms with Crippen LogP contribution >= 0.6 is 11.6 Å². The SMILES string of the molecule is Cc1c(C(=O)c2ccc(Cl)cc2)c2nccnc2n1Cc1cccc(OCC(=O)O)c1. The molecule has 0 aliphatic rings. The standard InChI is InChI=1S/C23H18ClN3O4/c1-14-20(22(30)16-5-7-17(24)8-6-16)21-23(26-10-9-25-21)27(14)12-15-3-2-4-18(11-15)31-13-19(28)29/h2-11H,12-13H2,1H3,(H,28,29). The van der Waals surface area contributed by atoms with Gasteiger partial charge in [0, 0.05) is 35.2 Å². The highest BCUT2D eigenvalue weighted by Gasteiger charge is 2.23. The number of hydrogen-bond donors (Lipinski definition) is 1. The fourth-order valence-electron chi connectivity index (χ4n) is 3.44. The first-order valence-electron chi connectivity index (χ1n) is 9.47. The Morgan fingerprint density at radius 3 is 2.58 bits per heavy atom. The predicted molar refractivity (Wildman–Crippen MR) is 116 cm³/mol. The van der Waals surface area contributed by atoms with Crippen LogP contribution in [0.25, 0.3) is 11.2 Å². The van der Waals surface area contributed by atoms with Crippen molar-refractivity contribution < 1.29 is 19.4 Å². The second-order valence-corrected chi connectivity index (χ2v) is 7.38. The smallest absolute Gasteiger partial charge is 0.341 e. The van der Waals surface area contributed by atoms with Crippen molar-refractivity contribution in [2.75, 3.05) is 6.61 Å². The number of benzene rings is 2. The molecule has 0 bridgehead atoms. The number of carbonyl (C=O) groups is 2. The van der Waals surface area contributed by atoms with E-state index in [1.54, 1.807) is 54.9 Å². The van der Waals surface area contributed by atoms with Gasteiger partial charge in [0.15, 0.2) is 18.0 Å². The first kappa shape index (κ1) is 20.6. The van der Waals surface area contributed by atoms with E-state index < -0.39 is 12.6 Å². The maximum atomic E-state index is 13.3. The van der Waals surface area contributed by atoms with Gasteiger partial charge in [0.2, 0.25) is 0 Å². The van der Waals surface area contributed by atoms with Gasteiger partial charge in [-0.3, -0.25) is 9.78 Å². The van der Waals surface area contributed by atoms with Crippen molar-refractivity contribution in [2.45, 2.75) is 13.5 Å². The van der Waals surface area contributed by atoms with Gasteiger partial charge in [-0.05, 0) is 48.9 Å². The summed E-state index contributed by atoms with van der Waals surface area (Å²) in [6, 6.07) is 13.9. The monoisotopic (exact) mass is 435 g/mol. The highest BCUT2D eigenvalue weighted by molar-refractivity contribution is 6.30. The maximum absolute atomic E-state index is 13.3. The number of aliphatic carboxylic acids is 1. The summed E-state index contributed by atoms with van der Waals surface area (Å²) < 4.78 is 7.19. The minimum Gasteiger partial charge on any atom is -0.482 e. The Hall–Kier alpha value is -3.71. The highest BCUT2D eigenvalue weighted by atomic mass is 35.5. The molecule has 7 nitrogen and oxygen atoms in total. The van der Waals surface area contributed by atoms with Crippen LogP contribution in [0, 0.1) is 6.92 Å². The van der Waals surface area contributed by atoms with Crippen LogP contribution in [0.1, 0.15) is 27.2 Å². The molecule has 31 heavy (non-hydrogen) atoms. The molecule has 0 atom stereocenters. The minimum atomic E-state index is -1.04. The average molecular weight is 436 g/mol. The van der Waals surface area contributed by atoms with Crippen LogP contribution in [-0.4, -0.2) is 38.0 Å². The van der Waals surface area contributed by atoms with Gasteiger partial charge >= 0.3 is 5.97 Å². The molecular formula is C23H18ClN3O4. The van der Waals surface area contributed by atoms with Crippen molar-refractivity contribution in [3.63, 3.8) is 0 Å². The van der Waals surface area contributed by atoms with E-state index in [0.29, 0.717) is 39.6 Å². The maximum Gasteiger partial charge on any atom is 0.341 e. The molecule has 0 spiro atoms. The van der Waals surface area contributed by atoms with Crippen LogP contribution in [0.3, 0.4) is 0 Å². The lowest BCUT2D eigenvalue weighted by atomic mass is 10.0. The largest absolute Gasteiger partial charge is 0.482 e. The van der Waals surface area contributed by atoms with Crippen LogP contribution in [0.5, 0.6) is 5.75 Å². The number of ketones is 1. The number of carboxylic acid groups (broad SMARTS) is 1. The molecule has 0 saturated carbocycles. The van der Waals surface area contributed by atoms with Gasteiger partial charge in [0.05, 0.1) is 5.56 Å². The lowest BCUT2D eigenvalue weighted by Gasteiger charge is -2.10. The van der Waals surface area contributed by atoms with E-state index in [-0.39, 0.29) is 5.78 Å². The van der Waals surface area contributed by atoms with Crippen LogP contribution in [-0.2, 0) is 11.3 Å². The highest BCUT2D eigenvalue weighted by Crippen LogP contribution is 2.27. The summed E-state index contributed by atoms with van der Waals surface area (Å²) in [5.74, 6) is -0.743. The molecule has 8 heteroatoms. The van der Waals surface area contributed by atoms with Crippen molar-refractivity contribution in [1.29, 1.82) is 0 Å². The zero-order chi connectivity index (χ0) is 22.0. The molecule has 2 aromatic heterocycles. The molecule has 0 radical (unpaired) electrons. The van der Waals surface area contributed by atoms with Gasteiger partial charge in [0.1, 0.15) is 11.3 Å². The first-order chi connectivity index (χ1) is 14.9. The number of ether oxygens (including phenoxy) is 1. The summed E-state index contributed by atoms with van der Waals surface area (Å²) in [6.45, 7) is 1.86. The van der Waals surface area contributed by atoms with Crippen molar-refractivity contribution in [3.05, 3.63) is 88.3 Å². The molecule has 4 rings (SSSR count). The molecule has 4 aromatic rings. The van der Waals surface area contributed by atoms with Crippen LogP contribution in [0.2, 0.25) is 5.02 Å². The van der Waals surface area contributed by atoms with E-state index in [4.69, 9.17) is 21.4 Å². The minimum absolute atomic E-state index is 0.156. The average Bonchev–Trinajstić information content (AvgIpc) is 3.04. The first-order valence-corrected chi connectivity index (χ1v) is 9.85. The lowest BCUT2D eigenvalue weighted by molar-refractivity contribution is -0.139. The van der Waals surface area contributed by atoms with Crippen molar-refractivity contribution in [2.24, 2.45) is 0 Å². The molecule has 0 saturated heterocycles. The van der Waals surface area contributed by atoms with E-state index >= 15 is 0 Å². The molecule has 2 aromatic carbocycles. The Morgan fingerprint density at radius 1 is 1.10 bits per heavy atom. The van der Waals surface area contributed by atoms with Crippen LogP contribution in [0.15, 0.2) is 60.9 Å². The Balaban J connectivity index is 1.74. The zero-order valence-corrected chi connectivity index (χ0v) is 17.3. The fourth-order valence-corrected chi connectivity index (χ4v) is 3.57. The third-order valence-corrected chi connectivity index (χ3v) is 5.12. The molecule has 156 valence electrons. The second-order valence-electron chi connectivity index (χ2n) is 6.94. The second kappa shape index (κ2) is 8.57. The number of hydrogen-bond acceptors (Lipinski definition) is 5. The summed E-state index contributed by atoms with van der Waals surface area (Å²) in [7, 11) is 0. The van der Waals surface area contributed by atoms with E-state index in [1.165, 1.54) is 0 Å². The van der Waals surface area contributed by atoms with E-state index in [9.17, 15) is 9.59 Å². The van der Waals surface area contributed by atoms with E-state index in [0.717, 1.165) is 11.3 Å². The molecule has 1 N–H and O–H groups in total. The topological polar surface area (TPSA) is 94.3 Å². The van der Waals surface area contributed by atoms with Crippen molar-refractivity contribution in [1.82, 2.24) is 14.5 Å². The molecule has 0 aliphatic heterocycles. The summed E-state index contributed by atoms with van der Waals surface area (Å²) in [6.07, 6.45) is 3.15. The number of rotatable bonds is 7. The van der Waals surface area contributed by atoms with E-state index in [1.807, 2.05) is 17.6 Å². The van der Waals surface area contributed by atoms with Crippen molar-refractivity contribution >= 4 is 34.5 Å². The van der Waals surface area contributed by atoms with Gasteiger partial charge in [-0.25, -0.2) is 9.78 Å². The predicted octanol–water partition coefficient (Wildman–Crippen LogP) is 4.14. The van der Waals surface area contributed by atoms with Gasteiger partial charge in [-0.15, -0.1) is 0 Å². The van der Waals surface area contributed by atoms with Gasteiger partial charge in [-0.1, -0.05) is 23.7 Å². The molecule has 2 heterocycles. The third kappa shape index (κ3) is 4.27. The molecular weight excluding hydrogens is 418 g/mol. The number of carbonyl (C=O) groups excluding carboxylic acids is 1. The lowest BCUT2D eigenvalue weighted by Crippen LogP contribution is -2.10. The normalized spacial score (nSPS) is 10.9. The van der Waals surface area contributed by atoms with Crippen molar-refractivity contribution in [3.8, 4) is 5.75 Å². The van der Waals surface area contributed by atoms with E-state index in [2.05, 4.69) is 9.97 Å². The Bertz CT molecular complexity index is 1280. The van der Waals surface area contributed by atoms with Crippen LogP contribution < -0.4 is 4.74 Å². The number of nitrogens with zero attached hydrogens (tertiary/aromatic N) is 3. The quantitative estimate of drug-likeness (QED) is 0.438. The zero-order valence-electron chi connectivity index (χ0n) is 16.6. The third-order valence-electron chi connectivity index (χ3n) is 4.87. The molecule has 0 amide bonds. The number of aromatic nitrogens is 3. The number of carboxylic acids is 1. The fraction of sp³-hybridized carbons (Fsp3) is 0.130. The van der Waals surface area contributed by atoms with Gasteiger partial charge in [-0.2, -0.15) is 0 Å². The van der Waals surface area contributed by atoms with Crippen LogP contribution in [0.4, 0.5) is 0 Å². The summed E-state index contributed by atoms with van der Waals surface area (Å²) in [4.78, 5) is 32.9. The van der Waals surface area contributed by atoms with Gasteiger partial charge in [0.25, 0.3) is 0 Å². The number of fused-ring (bicyclic) bond motifs is 1. The van der Waals surface area contributed by atoms with Gasteiger partial charge < -0.3 is 14.4 Å². The molecule has 0 aliphatic carbocycles. The summed E-state index contributed by atoms with van der Waals surface area (Å²) >= 11 is 5.96. The number of halogens is 1. The molecule has 0 unspecified atom stereocenters. The Kier molecular flexibility index (Phi) is 5.68. The Morgan fingerprint density at radius 2 is 1.84 bits per heavy atom. The Labute approximate surface area is 182 Å². The summed E-state index contributed by atoms with van der Waals surface area (Å²) in [5, 5.41) is 9.37. The summed E-state index contributed by atoms with van der Waals surface area (Å²) in [5.41, 5.74) is 3.73. The molecule has 0 fully saturated rings.